The summed E-state index contributed by atoms with van der Waals surface area (Å²) in [4.78, 5) is 27.9. The first-order valence-electron chi connectivity index (χ1n) is 7.39. The lowest BCUT2D eigenvalue weighted by Gasteiger charge is -2.03. The van der Waals surface area contributed by atoms with Crippen LogP contribution >= 0.6 is 23.1 Å². The number of carbonyl (C=O) groups is 2. The molecule has 23 heavy (non-hydrogen) atoms. The summed E-state index contributed by atoms with van der Waals surface area (Å²) in [6.45, 7) is 4.31. The fraction of sp³-hybridized carbons (Fsp3) is 0.312. The average Bonchev–Trinajstić information content (AvgIpc) is 2.96. The highest BCUT2D eigenvalue weighted by Crippen LogP contribution is 2.37. The van der Waals surface area contributed by atoms with E-state index in [1.807, 2.05) is 44.2 Å². The van der Waals surface area contributed by atoms with Crippen LogP contribution in [0.25, 0.3) is 11.3 Å². The van der Waals surface area contributed by atoms with Crippen LogP contribution in [0, 0.1) is 0 Å². The topological polar surface area (TPSA) is 71.1 Å². The van der Waals surface area contributed by atoms with Gasteiger partial charge in [-0.15, -0.1) is 0 Å². The fourth-order valence-corrected chi connectivity index (χ4v) is 3.74. The minimum atomic E-state index is -0.0499. The number of nitrogens with one attached hydrogen (secondary N) is 2. The van der Waals surface area contributed by atoms with Crippen LogP contribution in [0.1, 0.15) is 20.3 Å². The first-order chi connectivity index (χ1) is 11.1. The number of nitrogens with zero attached hydrogens (tertiary/aromatic N) is 1. The lowest BCUT2D eigenvalue weighted by atomic mass is 10.2. The van der Waals surface area contributed by atoms with Crippen LogP contribution in [0.5, 0.6) is 0 Å². The van der Waals surface area contributed by atoms with Crippen LogP contribution in [0.15, 0.2) is 34.7 Å². The van der Waals surface area contributed by atoms with Crippen molar-refractivity contribution in [3.8, 4) is 11.3 Å². The molecule has 0 aliphatic carbocycles. The van der Waals surface area contributed by atoms with E-state index < -0.39 is 0 Å². The third-order valence-electron chi connectivity index (χ3n) is 2.93. The van der Waals surface area contributed by atoms with Gasteiger partial charge in [-0.05, 0) is 6.92 Å². The van der Waals surface area contributed by atoms with Crippen LogP contribution in [-0.4, -0.2) is 29.1 Å². The average molecular weight is 349 g/mol. The summed E-state index contributed by atoms with van der Waals surface area (Å²) in [7, 11) is 0. The third kappa shape index (κ3) is 5.07. The first-order valence-corrected chi connectivity index (χ1v) is 9.19. The van der Waals surface area contributed by atoms with E-state index in [1.54, 1.807) is 0 Å². The van der Waals surface area contributed by atoms with Crippen molar-refractivity contribution in [1.82, 2.24) is 10.3 Å². The number of carbonyl (C=O) groups excluding carboxylic acids is 2. The van der Waals surface area contributed by atoms with Gasteiger partial charge in [-0.2, -0.15) is 0 Å². The van der Waals surface area contributed by atoms with Gasteiger partial charge in [-0.1, -0.05) is 60.4 Å². The molecule has 122 valence electrons. The van der Waals surface area contributed by atoms with E-state index >= 15 is 0 Å². The molecule has 1 aromatic carbocycles. The molecular weight excluding hydrogens is 330 g/mol. The second-order valence-corrected chi connectivity index (χ2v) is 6.89. The molecule has 2 rings (SSSR count). The maximum atomic E-state index is 11.7. The molecule has 0 bridgehead atoms. The van der Waals surface area contributed by atoms with Gasteiger partial charge in [0.15, 0.2) is 4.34 Å². The van der Waals surface area contributed by atoms with E-state index in [1.165, 1.54) is 23.1 Å². The van der Waals surface area contributed by atoms with Crippen molar-refractivity contribution < 1.29 is 9.59 Å². The van der Waals surface area contributed by atoms with Crippen LogP contribution in [0.3, 0.4) is 0 Å². The highest BCUT2D eigenvalue weighted by Gasteiger charge is 2.16. The molecular formula is C16H19N3O2S2. The molecule has 0 aliphatic rings. The quantitative estimate of drug-likeness (QED) is 0.752. The van der Waals surface area contributed by atoms with Crippen LogP contribution < -0.4 is 10.6 Å². The molecule has 7 heteroatoms. The van der Waals surface area contributed by atoms with E-state index in [2.05, 4.69) is 15.6 Å². The van der Waals surface area contributed by atoms with Gasteiger partial charge in [0.1, 0.15) is 10.7 Å². The van der Waals surface area contributed by atoms with Crippen LogP contribution in [0.4, 0.5) is 5.00 Å². The number of hydrogen-bond acceptors (Lipinski definition) is 5. The summed E-state index contributed by atoms with van der Waals surface area (Å²) in [6, 6.07) is 9.71. The molecule has 0 fully saturated rings. The summed E-state index contributed by atoms with van der Waals surface area (Å²) >= 11 is 2.77. The molecule has 0 saturated heterocycles. The second-order valence-electron chi connectivity index (χ2n) is 4.67. The van der Waals surface area contributed by atoms with Crippen molar-refractivity contribution in [2.45, 2.75) is 24.6 Å². The molecule has 2 N–H and O–H groups in total. The Labute approximate surface area is 143 Å². The number of hydrogen-bond donors (Lipinski definition) is 2. The molecule has 1 heterocycles. The predicted octanol–water partition coefficient (Wildman–Crippen LogP) is 3.39. The molecule has 0 radical (unpaired) electrons. The molecule has 0 spiro atoms. The largest absolute Gasteiger partial charge is 0.356 e. The first kappa shape index (κ1) is 17.5. The van der Waals surface area contributed by atoms with Crippen LogP contribution in [0.2, 0.25) is 0 Å². The number of aromatic nitrogens is 1. The van der Waals surface area contributed by atoms with Crippen molar-refractivity contribution in [3.63, 3.8) is 0 Å². The Morgan fingerprint density at radius 1 is 1.17 bits per heavy atom. The lowest BCUT2D eigenvalue weighted by molar-refractivity contribution is -0.118. The SMILES string of the molecule is CCNC(=O)CSc1nc(-c2ccccc2)c(NC(=O)CC)s1. The highest BCUT2D eigenvalue weighted by molar-refractivity contribution is 8.01. The van der Waals surface area contributed by atoms with E-state index in [9.17, 15) is 9.59 Å². The zero-order valence-corrected chi connectivity index (χ0v) is 14.7. The monoisotopic (exact) mass is 349 g/mol. The third-order valence-corrected chi connectivity index (χ3v) is 5.04. The Morgan fingerprint density at radius 3 is 2.57 bits per heavy atom. The van der Waals surface area contributed by atoms with Gasteiger partial charge in [-0.25, -0.2) is 4.98 Å². The van der Waals surface area contributed by atoms with Gasteiger partial charge >= 0.3 is 0 Å². The van der Waals surface area contributed by atoms with Crippen molar-refractivity contribution in [3.05, 3.63) is 30.3 Å². The zero-order chi connectivity index (χ0) is 16.7. The number of amides is 2. The molecule has 0 unspecified atom stereocenters. The normalized spacial score (nSPS) is 10.3. The van der Waals surface area contributed by atoms with Gasteiger partial charge in [0.05, 0.1) is 5.75 Å². The van der Waals surface area contributed by atoms with Gasteiger partial charge in [-0.3, -0.25) is 9.59 Å². The van der Waals surface area contributed by atoms with Crippen molar-refractivity contribution in [2.75, 3.05) is 17.6 Å². The maximum Gasteiger partial charge on any atom is 0.230 e. The highest BCUT2D eigenvalue weighted by atomic mass is 32.2. The lowest BCUT2D eigenvalue weighted by Crippen LogP contribution is -2.24. The number of rotatable bonds is 7. The predicted molar refractivity (Wildman–Crippen MR) is 95.9 cm³/mol. The summed E-state index contributed by atoms with van der Waals surface area (Å²) < 4.78 is 0.765. The minimum Gasteiger partial charge on any atom is -0.356 e. The van der Waals surface area contributed by atoms with E-state index in [0.29, 0.717) is 18.7 Å². The van der Waals surface area contributed by atoms with Crippen molar-refractivity contribution in [2.24, 2.45) is 0 Å². The van der Waals surface area contributed by atoms with E-state index in [-0.39, 0.29) is 11.8 Å². The molecule has 1 aromatic heterocycles. The maximum absolute atomic E-state index is 11.7. The van der Waals surface area contributed by atoms with Crippen LogP contribution in [-0.2, 0) is 9.59 Å². The Morgan fingerprint density at radius 2 is 1.91 bits per heavy atom. The van der Waals surface area contributed by atoms with Gasteiger partial charge in [0.25, 0.3) is 0 Å². The van der Waals surface area contributed by atoms with Gasteiger partial charge < -0.3 is 10.6 Å². The summed E-state index contributed by atoms with van der Waals surface area (Å²) in [6.07, 6.45) is 0.410. The number of benzene rings is 1. The Kier molecular flexibility index (Phi) is 6.61. The number of thiazole rings is 1. The van der Waals surface area contributed by atoms with Crippen molar-refractivity contribution in [1.29, 1.82) is 0 Å². The molecule has 0 aliphatic heterocycles. The smallest absolute Gasteiger partial charge is 0.230 e. The molecule has 2 amide bonds. The summed E-state index contributed by atoms with van der Waals surface area (Å²) in [5.74, 6) is 0.246. The molecule has 2 aromatic rings. The van der Waals surface area contributed by atoms with E-state index in [4.69, 9.17) is 0 Å². The number of thioether (sulfide) groups is 1. The number of anilines is 1. The Hall–Kier alpha value is -1.86. The summed E-state index contributed by atoms with van der Waals surface area (Å²) in [5.41, 5.74) is 1.69. The van der Waals surface area contributed by atoms with E-state index in [0.717, 1.165) is 20.6 Å². The Bertz CT molecular complexity index is 671. The van der Waals surface area contributed by atoms with Crippen molar-refractivity contribution >= 4 is 39.9 Å². The molecule has 0 atom stereocenters. The molecule has 5 nitrogen and oxygen atoms in total. The Balaban J connectivity index is 2.21. The molecule has 0 saturated carbocycles. The van der Waals surface area contributed by atoms with Gasteiger partial charge in [0, 0.05) is 18.5 Å². The standard InChI is InChI=1S/C16H19N3O2S2/c1-3-12(20)18-15-14(11-8-6-5-7-9-11)19-16(23-15)22-10-13(21)17-4-2/h5-9H,3-4,10H2,1-2H3,(H,17,21)(H,18,20). The summed E-state index contributed by atoms with van der Waals surface area (Å²) in [5, 5.41) is 6.38. The second kappa shape index (κ2) is 8.69. The minimum absolute atomic E-state index is 0.0203. The fourth-order valence-electron chi connectivity index (χ4n) is 1.83. The zero-order valence-electron chi connectivity index (χ0n) is 13.1. The van der Waals surface area contributed by atoms with Gasteiger partial charge in [0.2, 0.25) is 11.8 Å².